The Morgan fingerprint density at radius 2 is 1.29 bits per heavy atom. The molecule has 0 bridgehead atoms. The van der Waals surface area contributed by atoms with Gasteiger partial charge in [-0.3, -0.25) is 9.59 Å². The molecule has 5 nitrogen and oxygen atoms in total. The van der Waals surface area contributed by atoms with Crippen LogP contribution in [-0.4, -0.2) is 17.7 Å². The molecule has 0 aliphatic rings. The molecule has 1 atom stereocenters. The Kier molecular flexibility index (Phi) is 8.12. The molecule has 0 spiro atoms. The van der Waals surface area contributed by atoms with Crippen molar-refractivity contribution in [3.8, 4) is 0 Å². The summed E-state index contributed by atoms with van der Waals surface area (Å²) in [5.41, 5.74) is 1.62. The van der Waals surface area contributed by atoms with Gasteiger partial charge in [-0.05, 0) is 29.5 Å². The maximum absolute atomic E-state index is 13.1. The Morgan fingerprint density at radius 1 is 0.774 bits per heavy atom. The van der Waals surface area contributed by atoms with E-state index in [9.17, 15) is 14.4 Å². The van der Waals surface area contributed by atoms with E-state index in [1.165, 1.54) is 18.3 Å². The molecular formula is C25H24O5S. The third-order valence-corrected chi connectivity index (χ3v) is 5.78. The lowest BCUT2D eigenvalue weighted by molar-refractivity contribution is -0.165. The monoisotopic (exact) mass is 436 g/mol. The number of benzene rings is 2. The van der Waals surface area contributed by atoms with Gasteiger partial charge in [-0.1, -0.05) is 66.7 Å². The number of Topliss-reactive ketones (excluding diaryl/α,β-unsaturated/α-hetero) is 1. The zero-order chi connectivity index (χ0) is 22.1. The summed E-state index contributed by atoms with van der Waals surface area (Å²) in [6.45, 7) is 1.53. The van der Waals surface area contributed by atoms with Crippen molar-refractivity contribution in [1.82, 2.24) is 0 Å². The number of hydrogen-bond acceptors (Lipinski definition) is 6. The van der Waals surface area contributed by atoms with Crippen LogP contribution in [0.5, 0.6) is 0 Å². The molecule has 0 N–H and O–H groups in total. The van der Waals surface area contributed by atoms with Crippen LogP contribution in [0.4, 0.5) is 0 Å². The number of esters is 2. The number of ether oxygens (including phenoxy) is 2. The quantitative estimate of drug-likeness (QED) is 0.333. The van der Waals surface area contributed by atoms with Crippen LogP contribution in [0.2, 0.25) is 0 Å². The van der Waals surface area contributed by atoms with E-state index >= 15 is 0 Å². The highest BCUT2D eigenvalue weighted by Gasteiger charge is 2.39. The van der Waals surface area contributed by atoms with E-state index in [-0.39, 0.29) is 25.4 Å². The maximum Gasteiger partial charge on any atom is 0.321 e. The van der Waals surface area contributed by atoms with Crippen LogP contribution < -0.4 is 0 Å². The van der Waals surface area contributed by atoms with Crippen LogP contribution in [0.3, 0.4) is 0 Å². The fourth-order valence-electron chi connectivity index (χ4n) is 3.26. The Morgan fingerprint density at radius 3 is 1.71 bits per heavy atom. The molecule has 3 aromatic rings. The van der Waals surface area contributed by atoms with Crippen molar-refractivity contribution in [3.05, 3.63) is 94.2 Å². The number of thiophene rings is 1. The molecule has 3 rings (SSSR count). The standard InChI is InChI=1S/C25H24O5S/c1-18(26)15-21(22-13-8-14-31-22)23(24(27)29-16-19-9-4-2-5-10-19)25(28)30-17-20-11-6-3-7-12-20/h2-14,21,23H,15-17H2,1H3/t21-/m0/s1. The highest BCUT2D eigenvalue weighted by molar-refractivity contribution is 7.10. The minimum atomic E-state index is -1.23. The molecule has 0 saturated heterocycles. The summed E-state index contributed by atoms with van der Waals surface area (Å²) >= 11 is 1.40. The topological polar surface area (TPSA) is 69.7 Å². The first-order chi connectivity index (χ1) is 15.0. The molecule has 160 valence electrons. The van der Waals surface area contributed by atoms with Gasteiger partial charge in [0.25, 0.3) is 0 Å². The van der Waals surface area contributed by atoms with Gasteiger partial charge in [-0.15, -0.1) is 11.3 Å². The van der Waals surface area contributed by atoms with Crippen molar-refractivity contribution >= 4 is 29.1 Å². The maximum atomic E-state index is 13.1. The van der Waals surface area contributed by atoms with Crippen molar-refractivity contribution in [2.75, 3.05) is 0 Å². The molecule has 1 heterocycles. The van der Waals surface area contributed by atoms with Crippen LogP contribution in [-0.2, 0) is 37.1 Å². The van der Waals surface area contributed by atoms with Gasteiger partial charge >= 0.3 is 11.9 Å². The normalized spacial score (nSPS) is 11.7. The number of hydrogen-bond donors (Lipinski definition) is 0. The number of ketones is 1. The van der Waals surface area contributed by atoms with Gasteiger partial charge in [0.15, 0.2) is 5.92 Å². The second-order valence-corrected chi connectivity index (χ2v) is 8.17. The zero-order valence-corrected chi connectivity index (χ0v) is 18.0. The van der Waals surface area contributed by atoms with Crippen molar-refractivity contribution in [1.29, 1.82) is 0 Å². The molecule has 0 unspecified atom stereocenters. The molecule has 6 heteroatoms. The average molecular weight is 437 g/mol. The minimum Gasteiger partial charge on any atom is -0.460 e. The van der Waals surface area contributed by atoms with Gasteiger partial charge in [-0.2, -0.15) is 0 Å². The third-order valence-electron chi connectivity index (χ3n) is 4.77. The fourth-order valence-corrected chi connectivity index (χ4v) is 4.12. The van der Waals surface area contributed by atoms with Crippen LogP contribution in [0, 0.1) is 5.92 Å². The molecule has 0 amide bonds. The lowest BCUT2D eigenvalue weighted by Gasteiger charge is -2.23. The summed E-state index contributed by atoms with van der Waals surface area (Å²) in [6.07, 6.45) is 0.0477. The lowest BCUT2D eigenvalue weighted by atomic mass is 9.86. The van der Waals surface area contributed by atoms with Crippen molar-refractivity contribution < 1.29 is 23.9 Å². The SMILES string of the molecule is CC(=O)C[C@@H](c1cccs1)C(C(=O)OCc1ccccc1)C(=O)OCc1ccccc1. The summed E-state index contributed by atoms with van der Waals surface area (Å²) in [5, 5.41) is 1.85. The van der Waals surface area contributed by atoms with Crippen LogP contribution in [0.15, 0.2) is 78.2 Å². The van der Waals surface area contributed by atoms with E-state index < -0.39 is 23.8 Å². The summed E-state index contributed by atoms with van der Waals surface area (Å²) in [4.78, 5) is 38.8. The number of carbonyl (C=O) groups is 3. The van der Waals surface area contributed by atoms with E-state index in [0.29, 0.717) is 0 Å². The zero-order valence-electron chi connectivity index (χ0n) is 17.2. The predicted molar refractivity (Wildman–Crippen MR) is 118 cm³/mol. The van der Waals surface area contributed by atoms with Crippen LogP contribution >= 0.6 is 11.3 Å². The lowest BCUT2D eigenvalue weighted by Crippen LogP contribution is -2.34. The van der Waals surface area contributed by atoms with E-state index in [1.807, 2.05) is 78.2 Å². The summed E-state index contributed by atoms with van der Waals surface area (Å²) in [6, 6.07) is 22.1. The Balaban J connectivity index is 1.81. The van der Waals surface area contributed by atoms with E-state index in [0.717, 1.165) is 16.0 Å². The van der Waals surface area contributed by atoms with Crippen molar-refractivity contribution in [3.63, 3.8) is 0 Å². The van der Waals surface area contributed by atoms with E-state index in [1.54, 1.807) is 0 Å². The molecule has 0 saturated carbocycles. The van der Waals surface area contributed by atoms with Gasteiger partial charge < -0.3 is 14.3 Å². The van der Waals surface area contributed by atoms with Crippen LogP contribution in [0.25, 0.3) is 0 Å². The Bertz CT molecular complexity index is 928. The Hall–Kier alpha value is -3.25. The van der Waals surface area contributed by atoms with Gasteiger partial charge in [0.2, 0.25) is 0 Å². The Labute approximate surface area is 185 Å². The molecule has 31 heavy (non-hydrogen) atoms. The first-order valence-corrected chi connectivity index (χ1v) is 10.9. The molecule has 1 aromatic heterocycles. The molecule has 0 aliphatic heterocycles. The van der Waals surface area contributed by atoms with E-state index in [4.69, 9.17) is 9.47 Å². The summed E-state index contributed by atoms with van der Waals surface area (Å²) in [5.74, 6) is -3.36. The summed E-state index contributed by atoms with van der Waals surface area (Å²) < 4.78 is 11.0. The minimum absolute atomic E-state index is 0.0410. The highest BCUT2D eigenvalue weighted by atomic mass is 32.1. The third kappa shape index (κ3) is 6.62. The van der Waals surface area contributed by atoms with Gasteiger partial charge in [0.1, 0.15) is 19.0 Å². The first kappa shape index (κ1) is 22.4. The van der Waals surface area contributed by atoms with E-state index in [2.05, 4.69) is 0 Å². The fraction of sp³-hybridized carbons (Fsp3) is 0.240. The highest BCUT2D eigenvalue weighted by Crippen LogP contribution is 2.34. The molecule has 2 aromatic carbocycles. The molecule has 0 fully saturated rings. The predicted octanol–water partition coefficient (Wildman–Crippen LogP) is 4.91. The van der Waals surface area contributed by atoms with Crippen LogP contribution in [0.1, 0.15) is 35.3 Å². The number of rotatable bonds is 10. The average Bonchev–Trinajstić information content (AvgIpc) is 3.32. The van der Waals surface area contributed by atoms with Gasteiger partial charge in [0.05, 0.1) is 0 Å². The van der Waals surface area contributed by atoms with Gasteiger partial charge in [-0.25, -0.2) is 0 Å². The largest absolute Gasteiger partial charge is 0.460 e. The van der Waals surface area contributed by atoms with Crippen molar-refractivity contribution in [2.24, 2.45) is 5.92 Å². The molecule has 0 aliphatic carbocycles. The molecule has 0 radical (unpaired) electrons. The first-order valence-electron chi connectivity index (χ1n) is 9.98. The van der Waals surface area contributed by atoms with Crippen molar-refractivity contribution in [2.45, 2.75) is 32.5 Å². The van der Waals surface area contributed by atoms with Gasteiger partial charge in [0, 0.05) is 17.2 Å². The smallest absolute Gasteiger partial charge is 0.321 e. The second-order valence-electron chi connectivity index (χ2n) is 7.19. The number of carbonyl (C=O) groups excluding carboxylic acids is 3. The second kappa shape index (κ2) is 11.2. The summed E-state index contributed by atoms with van der Waals surface area (Å²) in [7, 11) is 0. The molecular weight excluding hydrogens is 412 g/mol.